The number of rotatable bonds is 8. The molecule has 1 fully saturated rings. The highest BCUT2D eigenvalue weighted by molar-refractivity contribution is 8.00. The molecule has 1 aromatic heterocycles. The highest BCUT2D eigenvalue weighted by atomic mass is 32.2. The van der Waals surface area contributed by atoms with Crippen molar-refractivity contribution in [1.29, 1.82) is 0 Å². The Labute approximate surface area is 173 Å². The Kier molecular flexibility index (Phi) is 7.73. The van der Waals surface area contributed by atoms with Gasteiger partial charge in [-0.3, -0.25) is 9.59 Å². The number of aromatic nitrogens is 1. The standard InChI is InChI=1S/C20H25N3O3S2/c1-2-26-16-8-6-15(7-9-16)17-12-28-20(21-17)22-18(24)13-27-14-19(25)23-10-4-3-5-11-23/h6-9,12H,2-5,10-11,13-14H2,1H3,(H,21,22,24). The van der Waals surface area contributed by atoms with Gasteiger partial charge < -0.3 is 15.0 Å². The number of likely N-dealkylation sites (tertiary alicyclic amines) is 1. The molecule has 2 amide bonds. The van der Waals surface area contributed by atoms with E-state index in [-0.39, 0.29) is 17.6 Å². The van der Waals surface area contributed by atoms with Crippen LogP contribution >= 0.6 is 23.1 Å². The molecule has 1 saturated heterocycles. The van der Waals surface area contributed by atoms with Crippen LogP contribution in [0.4, 0.5) is 5.13 Å². The summed E-state index contributed by atoms with van der Waals surface area (Å²) in [4.78, 5) is 30.6. The quantitative estimate of drug-likeness (QED) is 0.703. The Hall–Kier alpha value is -2.06. The second kappa shape index (κ2) is 10.5. The fourth-order valence-electron chi connectivity index (χ4n) is 2.97. The Morgan fingerprint density at radius 1 is 1.18 bits per heavy atom. The maximum Gasteiger partial charge on any atom is 0.236 e. The van der Waals surface area contributed by atoms with Crippen LogP contribution in [0, 0.1) is 0 Å². The van der Waals surface area contributed by atoms with Gasteiger partial charge >= 0.3 is 0 Å². The van der Waals surface area contributed by atoms with Crippen LogP contribution in [-0.4, -0.2) is 52.9 Å². The van der Waals surface area contributed by atoms with Crippen molar-refractivity contribution in [2.45, 2.75) is 26.2 Å². The first-order valence-electron chi connectivity index (χ1n) is 9.50. The average molecular weight is 420 g/mol. The van der Waals surface area contributed by atoms with Crippen LogP contribution in [-0.2, 0) is 9.59 Å². The fourth-order valence-corrected chi connectivity index (χ4v) is 4.43. The molecule has 1 N–H and O–H groups in total. The number of hydrogen-bond acceptors (Lipinski definition) is 6. The number of thiazole rings is 1. The summed E-state index contributed by atoms with van der Waals surface area (Å²) < 4.78 is 5.44. The van der Waals surface area contributed by atoms with Gasteiger partial charge in [0.05, 0.1) is 23.8 Å². The van der Waals surface area contributed by atoms with E-state index >= 15 is 0 Å². The number of amides is 2. The van der Waals surface area contributed by atoms with E-state index in [9.17, 15) is 9.59 Å². The third-order valence-electron chi connectivity index (χ3n) is 4.38. The lowest BCUT2D eigenvalue weighted by molar-refractivity contribution is -0.129. The number of thioether (sulfide) groups is 1. The summed E-state index contributed by atoms with van der Waals surface area (Å²) in [6.45, 7) is 4.27. The predicted molar refractivity (Wildman–Crippen MR) is 115 cm³/mol. The fraction of sp³-hybridized carbons (Fsp3) is 0.450. The topological polar surface area (TPSA) is 71.5 Å². The van der Waals surface area contributed by atoms with Gasteiger partial charge in [-0.05, 0) is 50.5 Å². The smallest absolute Gasteiger partial charge is 0.236 e. The average Bonchev–Trinajstić information content (AvgIpc) is 3.18. The number of hydrogen-bond donors (Lipinski definition) is 1. The molecule has 1 aromatic carbocycles. The molecule has 0 radical (unpaired) electrons. The highest BCUT2D eigenvalue weighted by Gasteiger charge is 2.17. The van der Waals surface area contributed by atoms with Crippen molar-refractivity contribution in [2.75, 3.05) is 36.5 Å². The molecule has 0 spiro atoms. The van der Waals surface area contributed by atoms with Crippen LogP contribution < -0.4 is 10.1 Å². The molecule has 1 aliphatic rings. The molecule has 2 heterocycles. The van der Waals surface area contributed by atoms with Crippen molar-refractivity contribution in [2.24, 2.45) is 0 Å². The number of piperidine rings is 1. The molecule has 0 atom stereocenters. The minimum Gasteiger partial charge on any atom is -0.494 e. The van der Waals surface area contributed by atoms with E-state index < -0.39 is 0 Å². The van der Waals surface area contributed by atoms with Gasteiger partial charge in [-0.15, -0.1) is 23.1 Å². The molecule has 0 saturated carbocycles. The summed E-state index contributed by atoms with van der Waals surface area (Å²) >= 11 is 2.74. The second-order valence-electron chi connectivity index (χ2n) is 6.48. The number of carbonyl (C=O) groups is 2. The Bertz CT molecular complexity index is 786. The lowest BCUT2D eigenvalue weighted by atomic mass is 10.1. The van der Waals surface area contributed by atoms with Gasteiger partial charge in [0.2, 0.25) is 11.8 Å². The molecule has 1 aliphatic heterocycles. The molecular formula is C20H25N3O3S2. The van der Waals surface area contributed by atoms with E-state index in [1.807, 2.05) is 41.5 Å². The highest BCUT2D eigenvalue weighted by Crippen LogP contribution is 2.26. The molecule has 0 bridgehead atoms. The number of nitrogens with zero attached hydrogens (tertiary/aromatic N) is 2. The van der Waals surface area contributed by atoms with Gasteiger partial charge in [-0.1, -0.05) is 0 Å². The van der Waals surface area contributed by atoms with Gasteiger partial charge in [0.15, 0.2) is 5.13 Å². The van der Waals surface area contributed by atoms with Crippen molar-refractivity contribution in [3.05, 3.63) is 29.6 Å². The van der Waals surface area contributed by atoms with Crippen LogP contribution in [0.15, 0.2) is 29.6 Å². The van der Waals surface area contributed by atoms with Gasteiger partial charge in [0.1, 0.15) is 5.75 Å². The Morgan fingerprint density at radius 3 is 2.64 bits per heavy atom. The Balaban J connectivity index is 1.44. The van der Waals surface area contributed by atoms with Gasteiger partial charge in [-0.2, -0.15) is 0 Å². The summed E-state index contributed by atoms with van der Waals surface area (Å²) in [7, 11) is 0. The van der Waals surface area contributed by atoms with Gasteiger partial charge in [0.25, 0.3) is 0 Å². The molecule has 6 nitrogen and oxygen atoms in total. The number of anilines is 1. The van der Waals surface area contributed by atoms with Crippen LogP contribution in [0.2, 0.25) is 0 Å². The monoisotopic (exact) mass is 419 g/mol. The van der Waals surface area contributed by atoms with Crippen LogP contribution in [0.3, 0.4) is 0 Å². The summed E-state index contributed by atoms with van der Waals surface area (Å²) in [6.07, 6.45) is 3.36. The molecule has 28 heavy (non-hydrogen) atoms. The Morgan fingerprint density at radius 2 is 1.93 bits per heavy atom. The second-order valence-corrected chi connectivity index (χ2v) is 8.32. The zero-order valence-electron chi connectivity index (χ0n) is 16.0. The number of carbonyl (C=O) groups excluding carboxylic acids is 2. The predicted octanol–water partition coefficient (Wildman–Crippen LogP) is 3.89. The first-order valence-corrected chi connectivity index (χ1v) is 11.5. The minimum atomic E-state index is -0.135. The molecular weight excluding hydrogens is 394 g/mol. The van der Waals surface area contributed by atoms with E-state index in [0.29, 0.717) is 17.5 Å². The first-order chi connectivity index (χ1) is 13.7. The van der Waals surface area contributed by atoms with Crippen molar-refractivity contribution < 1.29 is 14.3 Å². The van der Waals surface area contributed by atoms with Crippen molar-refractivity contribution in [3.8, 4) is 17.0 Å². The lowest BCUT2D eigenvalue weighted by Crippen LogP contribution is -2.37. The van der Waals surface area contributed by atoms with E-state index in [1.165, 1.54) is 29.5 Å². The minimum absolute atomic E-state index is 0.129. The zero-order chi connectivity index (χ0) is 19.8. The molecule has 8 heteroatoms. The van der Waals surface area contributed by atoms with Crippen molar-refractivity contribution in [3.63, 3.8) is 0 Å². The third-order valence-corrected chi connectivity index (χ3v) is 6.05. The SMILES string of the molecule is CCOc1ccc(-c2csc(NC(=O)CSCC(=O)N3CCCCC3)n2)cc1. The summed E-state index contributed by atoms with van der Waals surface area (Å²) in [5, 5.41) is 5.30. The molecule has 150 valence electrons. The maximum absolute atomic E-state index is 12.1. The largest absolute Gasteiger partial charge is 0.494 e. The van der Waals surface area contributed by atoms with E-state index in [2.05, 4.69) is 10.3 Å². The maximum atomic E-state index is 12.1. The first kappa shape index (κ1) is 20.7. The van der Waals surface area contributed by atoms with E-state index in [1.54, 1.807) is 0 Å². The normalized spacial score (nSPS) is 14.0. The van der Waals surface area contributed by atoms with Gasteiger partial charge in [0, 0.05) is 24.0 Å². The van der Waals surface area contributed by atoms with Crippen LogP contribution in [0.1, 0.15) is 26.2 Å². The van der Waals surface area contributed by atoms with E-state index in [0.717, 1.165) is 42.9 Å². The molecule has 0 aliphatic carbocycles. The number of benzene rings is 1. The third kappa shape index (κ3) is 5.97. The van der Waals surface area contributed by atoms with Crippen molar-refractivity contribution in [1.82, 2.24) is 9.88 Å². The summed E-state index contributed by atoms with van der Waals surface area (Å²) in [5.41, 5.74) is 1.79. The van der Waals surface area contributed by atoms with Gasteiger partial charge in [-0.25, -0.2) is 4.98 Å². The van der Waals surface area contributed by atoms with E-state index in [4.69, 9.17) is 4.74 Å². The molecule has 0 unspecified atom stereocenters. The van der Waals surface area contributed by atoms with Crippen molar-refractivity contribution >= 4 is 40.0 Å². The number of ether oxygens (including phenoxy) is 1. The zero-order valence-corrected chi connectivity index (χ0v) is 17.6. The van der Waals surface area contributed by atoms with Crippen LogP contribution in [0.25, 0.3) is 11.3 Å². The summed E-state index contributed by atoms with van der Waals surface area (Å²) in [6, 6.07) is 7.72. The lowest BCUT2D eigenvalue weighted by Gasteiger charge is -2.26. The number of nitrogens with one attached hydrogen (secondary N) is 1. The summed E-state index contributed by atoms with van der Waals surface area (Å²) in [5.74, 6) is 1.42. The molecule has 3 rings (SSSR count). The molecule has 2 aromatic rings. The van der Waals surface area contributed by atoms with Crippen LogP contribution in [0.5, 0.6) is 5.75 Å².